The van der Waals surface area contributed by atoms with Crippen LogP contribution in [-0.4, -0.2) is 29.2 Å². The topological polar surface area (TPSA) is 88.0 Å². The molecule has 0 unspecified atom stereocenters. The second-order valence-corrected chi connectivity index (χ2v) is 7.09. The highest BCUT2D eigenvalue weighted by Crippen LogP contribution is 2.35. The van der Waals surface area contributed by atoms with Crippen LogP contribution in [0.4, 0.5) is 4.39 Å². The smallest absolute Gasteiger partial charge is 0.344 e. The molecule has 0 bridgehead atoms. The van der Waals surface area contributed by atoms with Gasteiger partial charge in [0.2, 0.25) is 0 Å². The number of allylic oxidation sites excluding steroid dienone is 1. The first-order chi connectivity index (χ1) is 13.9. The molecule has 0 aliphatic carbocycles. The number of aromatic nitrogens is 2. The molecule has 148 valence electrons. The summed E-state index contributed by atoms with van der Waals surface area (Å²) in [7, 11) is 0. The molecule has 0 saturated carbocycles. The van der Waals surface area contributed by atoms with E-state index in [9.17, 15) is 14.4 Å². The highest BCUT2D eigenvalue weighted by atomic mass is 79.9. The van der Waals surface area contributed by atoms with Gasteiger partial charge in [0.1, 0.15) is 17.7 Å². The van der Waals surface area contributed by atoms with Gasteiger partial charge in [0, 0.05) is 0 Å². The van der Waals surface area contributed by atoms with Crippen LogP contribution in [0.25, 0.3) is 22.7 Å². The number of hydrogen-bond acceptors (Lipinski definition) is 5. The van der Waals surface area contributed by atoms with Crippen molar-refractivity contribution in [3.8, 4) is 11.8 Å². The lowest BCUT2D eigenvalue weighted by Gasteiger charge is -2.10. The van der Waals surface area contributed by atoms with E-state index in [4.69, 9.17) is 21.1 Å². The summed E-state index contributed by atoms with van der Waals surface area (Å²) in [6.45, 7) is 1.68. The standard InChI is InChI=1S/C20H14BrClFN3O3/c1-2-28-18(27)10-29-19-14(21)6-11(7-15(19)22)5-12(9-24)20-25-16-4-3-13(23)8-17(16)26-20/h3-8H,2,10H2,1H3,(H,25,26)/b12-5-. The van der Waals surface area contributed by atoms with Crippen LogP contribution in [0.15, 0.2) is 34.8 Å². The van der Waals surface area contributed by atoms with Crippen LogP contribution in [0.3, 0.4) is 0 Å². The Morgan fingerprint density at radius 2 is 2.21 bits per heavy atom. The molecule has 0 spiro atoms. The fourth-order valence-electron chi connectivity index (χ4n) is 2.56. The van der Waals surface area contributed by atoms with Gasteiger partial charge in [-0.2, -0.15) is 5.26 Å². The highest BCUT2D eigenvalue weighted by Gasteiger charge is 2.13. The molecule has 29 heavy (non-hydrogen) atoms. The third-order valence-corrected chi connectivity index (χ3v) is 4.66. The molecule has 1 heterocycles. The summed E-state index contributed by atoms with van der Waals surface area (Å²) in [6.07, 6.45) is 1.58. The van der Waals surface area contributed by atoms with E-state index in [0.29, 0.717) is 26.9 Å². The summed E-state index contributed by atoms with van der Waals surface area (Å²) < 4.78 is 24.1. The van der Waals surface area contributed by atoms with E-state index in [0.717, 1.165) is 0 Å². The highest BCUT2D eigenvalue weighted by molar-refractivity contribution is 9.10. The lowest BCUT2D eigenvalue weighted by Crippen LogP contribution is -2.14. The number of nitriles is 1. The third-order valence-electron chi connectivity index (χ3n) is 3.79. The van der Waals surface area contributed by atoms with E-state index in [2.05, 4.69) is 32.0 Å². The Kier molecular flexibility index (Phi) is 6.52. The van der Waals surface area contributed by atoms with Crippen LogP contribution in [-0.2, 0) is 9.53 Å². The zero-order chi connectivity index (χ0) is 21.0. The van der Waals surface area contributed by atoms with Crippen LogP contribution in [0.1, 0.15) is 18.3 Å². The predicted molar refractivity (Wildman–Crippen MR) is 111 cm³/mol. The molecule has 0 fully saturated rings. The largest absolute Gasteiger partial charge is 0.479 e. The van der Waals surface area contributed by atoms with Crippen molar-refractivity contribution in [3.05, 3.63) is 57.0 Å². The molecule has 1 N–H and O–H groups in total. The number of ether oxygens (including phenoxy) is 2. The third kappa shape index (κ3) is 4.94. The molecule has 3 rings (SSSR count). The van der Waals surface area contributed by atoms with Gasteiger partial charge in [-0.25, -0.2) is 14.2 Å². The van der Waals surface area contributed by atoms with Crippen LogP contribution in [0.2, 0.25) is 5.02 Å². The van der Waals surface area contributed by atoms with Crippen molar-refractivity contribution in [1.29, 1.82) is 5.26 Å². The average molecular weight is 479 g/mol. The Hall–Kier alpha value is -2.89. The van der Waals surface area contributed by atoms with Crippen molar-refractivity contribution >= 4 is 56.2 Å². The van der Waals surface area contributed by atoms with E-state index < -0.39 is 11.8 Å². The molecular weight excluding hydrogens is 465 g/mol. The SMILES string of the molecule is CCOC(=O)COc1c(Cl)cc(/C=C(/C#N)c2nc3ccc(F)cc3[nH]2)cc1Br. The molecule has 9 heteroatoms. The number of hydrogen-bond donors (Lipinski definition) is 1. The molecule has 3 aromatic rings. The molecule has 0 radical (unpaired) electrons. The molecule has 0 saturated heterocycles. The summed E-state index contributed by atoms with van der Waals surface area (Å²) in [5.41, 5.74) is 1.88. The van der Waals surface area contributed by atoms with Crippen LogP contribution in [0.5, 0.6) is 5.75 Å². The number of nitrogens with one attached hydrogen (secondary N) is 1. The van der Waals surface area contributed by atoms with Crippen molar-refractivity contribution in [2.45, 2.75) is 6.92 Å². The Labute approximate surface area is 179 Å². The van der Waals surface area contributed by atoms with Gasteiger partial charge < -0.3 is 14.5 Å². The van der Waals surface area contributed by atoms with Crippen molar-refractivity contribution in [2.24, 2.45) is 0 Å². The second-order valence-electron chi connectivity index (χ2n) is 5.82. The summed E-state index contributed by atoms with van der Waals surface area (Å²) in [6, 6.07) is 9.49. The number of nitrogens with zero attached hydrogens (tertiary/aromatic N) is 2. The van der Waals surface area contributed by atoms with Crippen molar-refractivity contribution < 1.29 is 18.7 Å². The zero-order valence-corrected chi connectivity index (χ0v) is 17.5. The Bertz CT molecular complexity index is 1130. The van der Waals surface area contributed by atoms with E-state index in [-0.39, 0.29) is 29.6 Å². The van der Waals surface area contributed by atoms with Crippen LogP contribution in [0, 0.1) is 17.1 Å². The number of H-pyrrole nitrogens is 1. The fraction of sp³-hybridized carbons (Fsp3) is 0.150. The molecule has 0 aliphatic heterocycles. The van der Waals surface area contributed by atoms with Gasteiger partial charge in [-0.1, -0.05) is 11.6 Å². The predicted octanol–water partition coefficient (Wildman–Crippen LogP) is 5.12. The van der Waals surface area contributed by atoms with Gasteiger partial charge in [0.25, 0.3) is 0 Å². The number of halogens is 3. The molecule has 0 amide bonds. The normalized spacial score (nSPS) is 11.3. The Morgan fingerprint density at radius 3 is 2.90 bits per heavy atom. The maximum Gasteiger partial charge on any atom is 0.344 e. The number of imidazole rings is 1. The van der Waals surface area contributed by atoms with Gasteiger partial charge in [-0.3, -0.25) is 0 Å². The number of rotatable bonds is 6. The minimum absolute atomic E-state index is 0.241. The minimum atomic E-state index is -0.507. The molecule has 6 nitrogen and oxygen atoms in total. The summed E-state index contributed by atoms with van der Waals surface area (Å²) in [5.74, 6) is -0.311. The summed E-state index contributed by atoms with van der Waals surface area (Å²) in [5, 5.41) is 9.79. The number of carbonyl (C=O) groups excluding carboxylic acids is 1. The van der Waals surface area contributed by atoms with Crippen molar-refractivity contribution in [2.75, 3.05) is 13.2 Å². The Balaban J connectivity index is 1.89. The molecule has 0 aliphatic rings. The van der Waals surface area contributed by atoms with E-state index in [1.165, 1.54) is 18.2 Å². The fourth-order valence-corrected chi connectivity index (χ4v) is 3.55. The first-order valence-corrected chi connectivity index (χ1v) is 9.63. The molecule has 0 atom stereocenters. The number of carbonyl (C=O) groups is 1. The lowest BCUT2D eigenvalue weighted by molar-refractivity contribution is -0.145. The molecule has 1 aromatic heterocycles. The van der Waals surface area contributed by atoms with E-state index in [1.54, 1.807) is 25.1 Å². The zero-order valence-electron chi connectivity index (χ0n) is 15.1. The number of esters is 1. The molecular formula is C20H14BrClFN3O3. The Morgan fingerprint density at radius 1 is 1.41 bits per heavy atom. The van der Waals surface area contributed by atoms with Gasteiger partial charge in [-0.15, -0.1) is 0 Å². The van der Waals surface area contributed by atoms with E-state index >= 15 is 0 Å². The lowest BCUT2D eigenvalue weighted by atomic mass is 10.1. The maximum atomic E-state index is 13.4. The van der Waals surface area contributed by atoms with Crippen molar-refractivity contribution in [1.82, 2.24) is 9.97 Å². The quantitative estimate of drug-likeness (QED) is 0.392. The first-order valence-electron chi connectivity index (χ1n) is 8.46. The number of aromatic amines is 1. The monoisotopic (exact) mass is 477 g/mol. The van der Waals surface area contributed by atoms with Gasteiger partial charge >= 0.3 is 5.97 Å². The van der Waals surface area contributed by atoms with Crippen LogP contribution < -0.4 is 4.74 Å². The minimum Gasteiger partial charge on any atom is -0.479 e. The average Bonchev–Trinajstić information content (AvgIpc) is 3.08. The summed E-state index contributed by atoms with van der Waals surface area (Å²) >= 11 is 9.62. The number of benzene rings is 2. The summed E-state index contributed by atoms with van der Waals surface area (Å²) in [4.78, 5) is 18.7. The van der Waals surface area contributed by atoms with Gasteiger partial charge in [-0.05, 0) is 64.8 Å². The molecule has 2 aromatic carbocycles. The van der Waals surface area contributed by atoms with Gasteiger partial charge in [0.05, 0.1) is 32.7 Å². The maximum absolute atomic E-state index is 13.4. The van der Waals surface area contributed by atoms with Crippen LogP contribution >= 0.6 is 27.5 Å². The number of fused-ring (bicyclic) bond motifs is 1. The van der Waals surface area contributed by atoms with Crippen molar-refractivity contribution in [3.63, 3.8) is 0 Å². The van der Waals surface area contributed by atoms with E-state index in [1.807, 2.05) is 0 Å². The second kappa shape index (κ2) is 9.07. The van der Waals surface area contributed by atoms with Gasteiger partial charge in [0.15, 0.2) is 12.4 Å². The first kappa shape index (κ1) is 20.8.